The maximum atomic E-state index is 10.6. The fraction of sp³-hybridized carbons (Fsp3) is 0.300. The fourth-order valence-corrected chi connectivity index (χ4v) is 1.12. The van der Waals surface area contributed by atoms with Crippen molar-refractivity contribution in [1.82, 2.24) is 0 Å². The first-order valence-corrected chi connectivity index (χ1v) is 4.17. The topological polar surface area (TPSA) is 66.8 Å². The molecular formula is C10H14BeO4. The average Bonchev–Trinajstić information content (AvgIpc) is 2.16. The van der Waals surface area contributed by atoms with Crippen molar-refractivity contribution >= 4 is 16.1 Å². The Morgan fingerprint density at radius 3 is 2.40 bits per heavy atom. The molecule has 0 saturated carbocycles. The van der Waals surface area contributed by atoms with E-state index in [1.54, 1.807) is 12.1 Å². The second-order valence-electron chi connectivity index (χ2n) is 2.93. The molecule has 4 nitrogen and oxygen atoms in total. The Hall–Kier alpha value is -1.38. The molecule has 15 heavy (non-hydrogen) atoms. The van der Waals surface area contributed by atoms with Crippen LogP contribution in [0.25, 0.3) is 0 Å². The minimum atomic E-state index is -0.986. The predicted octanol–water partition coefficient (Wildman–Crippen LogP) is 0.879. The van der Waals surface area contributed by atoms with Gasteiger partial charge in [-0.05, 0) is 17.7 Å². The Kier molecular flexibility index (Phi) is 5.60. The number of methoxy groups -OCH3 is 1. The Balaban J connectivity index is -0.000000653. The van der Waals surface area contributed by atoms with Gasteiger partial charge in [0.2, 0.25) is 0 Å². The van der Waals surface area contributed by atoms with Crippen molar-refractivity contribution in [2.24, 2.45) is 0 Å². The number of carboxylic acids is 1. The Morgan fingerprint density at radius 1 is 1.47 bits per heavy atom. The molecule has 1 aromatic carbocycles. The maximum absolute atomic E-state index is 10.6. The van der Waals surface area contributed by atoms with E-state index in [0.29, 0.717) is 6.42 Å². The molecule has 0 fully saturated rings. The maximum Gasteiger partial charge on any atom is 2.00 e. The summed E-state index contributed by atoms with van der Waals surface area (Å²) in [5.41, 5.74) is 0.817. The zero-order valence-electron chi connectivity index (χ0n) is 10.5. The zero-order valence-corrected chi connectivity index (χ0v) is 8.51. The van der Waals surface area contributed by atoms with Crippen LogP contribution in [0.2, 0.25) is 0 Å². The molecule has 1 unspecified atom stereocenters. The van der Waals surface area contributed by atoms with E-state index in [2.05, 4.69) is 0 Å². The fourth-order valence-electron chi connectivity index (χ4n) is 1.12. The summed E-state index contributed by atoms with van der Waals surface area (Å²) in [7, 11) is 1.36. The van der Waals surface area contributed by atoms with Crippen LogP contribution < -0.4 is 0 Å². The van der Waals surface area contributed by atoms with E-state index >= 15 is 0 Å². The van der Waals surface area contributed by atoms with Gasteiger partial charge >= 0.3 is 16.1 Å². The van der Waals surface area contributed by atoms with E-state index in [0.717, 1.165) is 5.56 Å². The van der Waals surface area contributed by atoms with Crippen molar-refractivity contribution in [3.05, 3.63) is 29.8 Å². The summed E-state index contributed by atoms with van der Waals surface area (Å²) in [5.74, 6) is -0.821. The van der Waals surface area contributed by atoms with Crippen LogP contribution in [0.15, 0.2) is 24.3 Å². The van der Waals surface area contributed by atoms with Crippen molar-refractivity contribution < 1.29 is 22.6 Å². The first kappa shape index (κ1) is 13.6. The third kappa shape index (κ3) is 4.10. The summed E-state index contributed by atoms with van der Waals surface area (Å²) < 4.78 is 4.78. The molecule has 1 aromatic rings. The first-order chi connectivity index (χ1) is 6.63. The molecule has 0 bridgehead atoms. The number of ether oxygens (including phenoxy) is 1. The molecule has 5 heteroatoms. The van der Waals surface area contributed by atoms with E-state index in [1.807, 2.05) is 0 Å². The third-order valence-electron chi connectivity index (χ3n) is 1.92. The van der Waals surface area contributed by atoms with Crippen LogP contribution >= 0.6 is 0 Å². The summed E-state index contributed by atoms with van der Waals surface area (Å²) in [6, 6.07) is 6.38. The average molecular weight is 207 g/mol. The minimum absolute atomic E-state index is 0. The number of carboxylic acid groups (broad SMARTS) is 1. The van der Waals surface area contributed by atoms with Crippen LogP contribution in [-0.4, -0.2) is 39.5 Å². The van der Waals surface area contributed by atoms with Crippen molar-refractivity contribution in [3.63, 3.8) is 0 Å². The Labute approximate surface area is 94.7 Å². The summed E-state index contributed by atoms with van der Waals surface area (Å²) in [4.78, 5) is 10.6. The van der Waals surface area contributed by atoms with Gasteiger partial charge < -0.3 is 17.8 Å². The van der Waals surface area contributed by atoms with Crippen LogP contribution in [0.1, 0.15) is 8.42 Å². The molecule has 0 aliphatic rings. The SMILES string of the molecule is COC(Cc1ccc(O)cc1)C(=O)O.[Be+2].[H-].[H-]. The van der Waals surface area contributed by atoms with Crippen molar-refractivity contribution in [3.8, 4) is 5.75 Å². The molecule has 1 rings (SSSR count). The first-order valence-electron chi connectivity index (χ1n) is 4.17. The van der Waals surface area contributed by atoms with E-state index in [9.17, 15) is 4.79 Å². The van der Waals surface area contributed by atoms with Crippen LogP contribution in [-0.2, 0) is 16.0 Å². The van der Waals surface area contributed by atoms with Crippen LogP contribution in [0, 0.1) is 0 Å². The van der Waals surface area contributed by atoms with Gasteiger partial charge in [0.15, 0.2) is 6.10 Å². The predicted molar refractivity (Wildman–Crippen MR) is 58.2 cm³/mol. The van der Waals surface area contributed by atoms with Gasteiger partial charge in [-0.25, -0.2) is 4.79 Å². The van der Waals surface area contributed by atoms with Crippen LogP contribution in [0.3, 0.4) is 0 Å². The molecule has 0 amide bonds. The summed E-state index contributed by atoms with van der Waals surface area (Å²) >= 11 is 0. The molecule has 1 atom stereocenters. The van der Waals surface area contributed by atoms with E-state index in [1.165, 1.54) is 19.2 Å². The molecule has 2 N–H and O–H groups in total. The van der Waals surface area contributed by atoms with Gasteiger partial charge in [-0.1, -0.05) is 12.1 Å². The van der Waals surface area contributed by atoms with Gasteiger partial charge in [-0.2, -0.15) is 0 Å². The van der Waals surface area contributed by atoms with Gasteiger partial charge in [0.1, 0.15) is 5.75 Å². The largest absolute Gasteiger partial charge is 2.00 e. The molecule has 80 valence electrons. The molecule has 0 aliphatic heterocycles. The number of aromatic hydroxyl groups is 1. The van der Waals surface area contributed by atoms with Crippen LogP contribution in [0.5, 0.6) is 5.75 Å². The quantitative estimate of drug-likeness (QED) is 0.719. The third-order valence-corrected chi connectivity index (χ3v) is 1.92. The smallest absolute Gasteiger partial charge is 1.00 e. The van der Waals surface area contributed by atoms with E-state index in [4.69, 9.17) is 14.9 Å². The van der Waals surface area contributed by atoms with Crippen LogP contribution in [0.4, 0.5) is 0 Å². The zero-order chi connectivity index (χ0) is 10.6. The van der Waals surface area contributed by atoms with E-state index in [-0.39, 0.29) is 18.7 Å². The summed E-state index contributed by atoms with van der Waals surface area (Å²) in [5, 5.41) is 17.7. The molecule has 0 saturated heterocycles. The molecule has 0 spiro atoms. The van der Waals surface area contributed by atoms with Crippen molar-refractivity contribution in [2.75, 3.05) is 7.11 Å². The summed E-state index contributed by atoms with van der Waals surface area (Å²) in [6.45, 7) is 0. The number of carbonyl (C=O) groups is 1. The number of hydrogen-bond donors (Lipinski definition) is 2. The molecule has 0 aliphatic carbocycles. The monoisotopic (exact) mass is 207 g/mol. The van der Waals surface area contributed by atoms with Gasteiger partial charge in [0.25, 0.3) is 0 Å². The molecule has 0 heterocycles. The number of benzene rings is 1. The van der Waals surface area contributed by atoms with Gasteiger partial charge in [-0.3, -0.25) is 0 Å². The second kappa shape index (κ2) is 6.17. The Bertz CT molecular complexity index is 319. The number of aliphatic carboxylic acids is 1. The molecular weight excluding hydrogens is 193 g/mol. The summed E-state index contributed by atoms with van der Waals surface area (Å²) in [6.07, 6.45) is -0.536. The number of hydrogen-bond acceptors (Lipinski definition) is 3. The number of phenols is 1. The molecule has 0 aromatic heterocycles. The van der Waals surface area contributed by atoms with E-state index < -0.39 is 12.1 Å². The normalized spacial score (nSPS) is 11.5. The van der Waals surface area contributed by atoms with Crippen molar-refractivity contribution in [2.45, 2.75) is 12.5 Å². The van der Waals surface area contributed by atoms with Crippen molar-refractivity contribution in [1.29, 1.82) is 0 Å². The van der Waals surface area contributed by atoms with Gasteiger partial charge in [-0.15, -0.1) is 0 Å². The number of rotatable bonds is 4. The second-order valence-corrected chi connectivity index (χ2v) is 2.93. The van der Waals surface area contributed by atoms with Gasteiger partial charge in [0.05, 0.1) is 0 Å². The standard InChI is InChI=1S/C10H12O4.Be.2H/c1-14-9(10(12)13)6-7-2-4-8(11)5-3-7;;;/h2-5,9,11H,6H2,1H3,(H,12,13);;;/q;+2;2*-1. The minimum Gasteiger partial charge on any atom is -1.00 e. The number of phenolic OH excluding ortho intramolecular Hbond substituents is 1. The molecule has 0 radical (unpaired) electrons. The van der Waals surface area contributed by atoms with Gasteiger partial charge in [0, 0.05) is 13.5 Å². The Morgan fingerprint density at radius 2 is 2.00 bits per heavy atom.